The van der Waals surface area contributed by atoms with Gasteiger partial charge in [0.05, 0.1) is 11.3 Å². The lowest BCUT2D eigenvalue weighted by Gasteiger charge is -2.21. The van der Waals surface area contributed by atoms with Gasteiger partial charge >= 0.3 is 6.18 Å². The first kappa shape index (κ1) is 25.0. The van der Waals surface area contributed by atoms with E-state index in [4.69, 9.17) is 4.42 Å². The lowest BCUT2D eigenvalue weighted by molar-refractivity contribution is -0.137. The summed E-state index contributed by atoms with van der Waals surface area (Å²) in [5.41, 5.74) is -0.288. The molecule has 0 spiro atoms. The lowest BCUT2D eigenvalue weighted by atomic mass is 10.0. The van der Waals surface area contributed by atoms with E-state index < -0.39 is 23.1 Å². The number of hydrogen-bond donors (Lipinski definition) is 1. The number of nitrogens with one attached hydrogen (secondary N) is 1. The van der Waals surface area contributed by atoms with Gasteiger partial charge in [0.2, 0.25) is 5.82 Å². The molecule has 184 valence electrons. The number of rotatable bonds is 7. The number of nitrogens with zero attached hydrogens (tertiary/aromatic N) is 4. The van der Waals surface area contributed by atoms with Gasteiger partial charge in [0.15, 0.2) is 17.3 Å². The largest absolute Gasteiger partial charge is 0.440 e. The molecule has 3 heterocycles. The Kier molecular flexibility index (Phi) is 6.73. The molecule has 12 heteroatoms. The molecule has 3 atom stereocenters. The summed E-state index contributed by atoms with van der Waals surface area (Å²) in [7, 11) is 1.88. The predicted octanol–water partition coefficient (Wildman–Crippen LogP) is 5.51. The minimum absolute atomic E-state index is 0. The molecule has 1 saturated heterocycles. The fourth-order valence-electron chi connectivity index (χ4n) is 4.84. The molecule has 2 fully saturated rings. The molecule has 1 aliphatic carbocycles. The molecule has 2 aliphatic rings. The second kappa shape index (κ2) is 9.16. The maximum absolute atomic E-state index is 13.9. The molecule has 5 rings (SSSR count). The van der Waals surface area contributed by atoms with Crippen molar-refractivity contribution in [3.63, 3.8) is 0 Å². The molecule has 3 aromatic rings. The Morgan fingerprint density at radius 1 is 1.26 bits per heavy atom. The second-order valence-corrected chi connectivity index (χ2v) is 9.86. The van der Waals surface area contributed by atoms with Gasteiger partial charge in [0.25, 0.3) is 0 Å². The third kappa shape index (κ3) is 4.57. The number of oxazole rings is 1. The Morgan fingerprint density at radius 3 is 2.76 bits per heavy atom. The van der Waals surface area contributed by atoms with Crippen molar-refractivity contribution in [3.8, 4) is 11.6 Å². The van der Waals surface area contributed by atoms with Crippen molar-refractivity contribution in [1.29, 1.82) is 0 Å². The van der Waals surface area contributed by atoms with Crippen LogP contribution in [0.4, 0.5) is 17.6 Å². The van der Waals surface area contributed by atoms with E-state index in [1.54, 1.807) is 11.8 Å². The molecule has 1 aliphatic heterocycles. The van der Waals surface area contributed by atoms with Crippen molar-refractivity contribution in [2.24, 2.45) is 13.0 Å². The zero-order chi connectivity index (χ0) is 23.4. The highest BCUT2D eigenvalue weighted by molar-refractivity contribution is 7.99. The number of fused-ring (bicyclic) bond motifs is 1. The zero-order valence-corrected chi connectivity index (χ0v) is 20.2. The number of aryl methyl sites for hydroxylation is 1. The molecular formula is C22H24ClF4N5OS. The Bertz CT molecular complexity index is 1180. The molecule has 0 amide bonds. The standard InChI is InChI=1S/C22H23F4N5OS.ClH/c1-12-18(32-11-27-12)19-29-30-20(31(19)2)33-5-3-4-17-9-15-10-21(15,28-17)13-6-14(22(24,25)26)8-16(23)7-13;/h6-8,11,15,17,28H,3-5,9-10H2,1-2H3;1H. The summed E-state index contributed by atoms with van der Waals surface area (Å²) in [6.07, 6.45) is 0.262. The van der Waals surface area contributed by atoms with Crippen LogP contribution in [0.3, 0.4) is 0 Å². The van der Waals surface area contributed by atoms with Crippen molar-refractivity contribution < 1.29 is 22.0 Å². The van der Waals surface area contributed by atoms with E-state index in [1.807, 2.05) is 18.5 Å². The highest BCUT2D eigenvalue weighted by Crippen LogP contribution is 2.59. The SMILES string of the molecule is Cc1ncoc1-c1nnc(SCCCC2CC3CC3(c3cc(F)cc(C(F)(F)F)c3)N2)n1C.Cl. The van der Waals surface area contributed by atoms with Crippen LogP contribution >= 0.6 is 24.2 Å². The van der Waals surface area contributed by atoms with Crippen LogP contribution in [0.2, 0.25) is 0 Å². The predicted molar refractivity (Wildman–Crippen MR) is 121 cm³/mol. The Labute approximate surface area is 204 Å². The van der Waals surface area contributed by atoms with Gasteiger partial charge in [-0.25, -0.2) is 9.37 Å². The molecule has 6 nitrogen and oxygen atoms in total. The quantitative estimate of drug-likeness (QED) is 0.253. The average molecular weight is 518 g/mol. The maximum atomic E-state index is 13.9. The van der Waals surface area contributed by atoms with Crippen molar-refractivity contribution >= 4 is 24.2 Å². The highest BCUT2D eigenvalue weighted by Gasteiger charge is 2.61. The first-order valence-electron chi connectivity index (χ1n) is 10.8. The molecule has 2 aromatic heterocycles. The van der Waals surface area contributed by atoms with Gasteiger partial charge in [0.1, 0.15) is 5.82 Å². The summed E-state index contributed by atoms with van der Waals surface area (Å²) in [5.74, 6) is 1.47. The fraction of sp³-hybridized carbons (Fsp3) is 0.500. The molecule has 1 N–H and O–H groups in total. The van der Waals surface area contributed by atoms with E-state index in [9.17, 15) is 17.6 Å². The van der Waals surface area contributed by atoms with Crippen LogP contribution in [0, 0.1) is 18.7 Å². The second-order valence-electron chi connectivity index (χ2n) is 8.80. The van der Waals surface area contributed by atoms with Crippen LogP contribution in [-0.2, 0) is 18.8 Å². The minimum Gasteiger partial charge on any atom is -0.440 e. The summed E-state index contributed by atoms with van der Waals surface area (Å²) in [6, 6.07) is 3.09. The van der Waals surface area contributed by atoms with Gasteiger partial charge in [-0.2, -0.15) is 13.2 Å². The minimum atomic E-state index is -4.56. The van der Waals surface area contributed by atoms with Crippen LogP contribution in [0.5, 0.6) is 0 Å². The average Bonchev–Trinajstić information content (AvgIpc) is 3.05. The van der Waals surface area contributed by atoms with Crippen molar-refractivity contribution in [2.45, 2.75) is 55.5 Å². The number of halogens is 5. The van der Waals surface area contributed by atoms with E-state index in [2.05, 4.69) is 20.5 Å². The van der Waals surface area contributed by atoms with Crippen LogP contribution in [-0.4, -0.2) is 31.5 Å². The summed E-state index contributed by atoms with van der Waals surface area (Å²) >= 11 is 1.59. The number of piperidine rings is 1. The molecule has 1 saturated carbocycles. The van der Waals surface area contributed by atoms with Crippen LogP contribution in [0.15, 0.2) is 34.2 Å². The van der Waals surface area contributed by atoms with Crippen LogP contribution < -0.4 is 5.32 Å². The number of aromatic nitrogens is 4. The molecule has 3 unspecified atom stereocenters. The molecular weight excluding hydrogens is 494 g/mol. The molecule has 0 radical (unpaired) electrons. The number of hydrogen-bond acceptors (Lipinski definition) is 6. The first-order valence-corrected chi connectivity index (χ1v) is 11.7. The van der Waals surface area contributed by atoms with E-state index >= 15 is 0 Å². The summed E-state index contributed by atoms with van der Waals surface area (Å²) in [5, 5.41) is 12.7. The van der Waals surface area contributed by atoms with E-state index in [1.165, 1.54) is 12.5 Å². The zero-order valence-electron chi connectivity index (χ0n) is 18.5. The van der Waals surface area contributed by atoms with E-state index in [-0.39, 0.29) is 24.4 Å². The molecule has 0 bridgehead atoms. The molecule has 34 heavy (non-hydrogen) atoms. The Hall–Kier alpha value is -2.11. The Morgan fingerprint density at radius 2 is 2.06 bits per heavy atom. The summed E-state index contributed by atoms with van der Waals surface area (Å²) in [6.45, 7) is 1.85. The monoisotopic (exact) mass is 517 g/mol. The Balaban J connectivity index is 0.00000274. The van der Waals surface area contributed by atoms with Gasteiger partial charge in [-0.05, 0) is 62.3 Å². The van der Waals surface area contributed by atoms with Gasteiger partial charge in [-0.15, -0.1) is 22.6 Å². The normalized spacial score (nSPS) is 23.6. The number of benzene rings is 1. The van der Waals surface area contributed by atoms with E-state index in [0.717, 1.165) is 48.4 Å². The van der Waals surface area contributed by atoms with Crippen molar-refractivity contribution in [1.82, 2.24) is 25.1 Å². The summed E-state index contributed by atoms with van der Waals surface area (Å²) < 4.78 is 60.5. The van der Waals surface area contributed by atoms with Gasteiger partial charge in [-0.3, -0.25) is 0 Å². The van der Waals surface area contributed by atoms with Crippen LogP contribution in [0.1, 0.15) is 42.5 Å². The van der Waals surface area contributed by atoms with Crippen molar-refractivity contribution in [2.75, 3.05) is 5.75 Å². The van der Waals surface area contributed by atoms with Crippen LogP contribution in [0.25, 0.3) is 11.6 Å². The smallest absolute Gasteiger partial charge is 0.416 e. The van der Waals surface area contributed by atoms with Gasteiger partial charge in [0, 0.05) is 24.4 Å². The highest BCUT2D eigenvalue weighted by atomic mass is 35.5. The van der Waals surface area contributed by atoms with Gasteiger partial charge < -0.3 is 14.3 Å². The third-order valence-corrected chi connectivity index (χ3v) is 7.69. The maximum Gasteiger partial charge on any atom is 0.416 e. The topological polar surface area (TPSA) is 68.8 Å². The third-order valence-electron chi connectivity index (χ3n) is 6.59. The fourth-order valence-corrected chi connectivity index (χ4v) is 5.72. The van der Waals surface area contributed by atoms with E-state index in [0.29, 0.717) is 23.2 Å². The summed E-state index contributed by atoms with van der Waals surface area (Å²) in [4.78, 5) is 4.08. The van der Waals surface area contributed by atoms with Gasteiger partial charge in [-0.1, -0.05) is 11.8 Å². The number of alkyl halides is 3. The molecule has 1 aromatic carbocycles. The lowest BCUT2D eigenvalue weighted by Crippen LogP contribution is -2.33. The number of thioether (sulfide) groups is 1. The first-order chi connectivity index (χ1) is 15.7. The van der Waals surface area contributed by atoms with Crippen molar-refractivity contribution in [3.05, 3.63) is 47.2 Å².